The van der Waals surface area contributed by atoms with Gasteiger partial charge in [0.05, 0.1) is 19.8 Å². The highest BCUT2D eigenvalue weighted by molar-refractivity contribution is 7.89. The molecule has 0 amide bonds. The van der Waals surface area contributed by atoms with Crippen LogP contribution >= 0.6 is 11.3 Å². The molecule has 2 aliphatic heterocycles. The standard InChI is InChI=1S/C11H15NO4S2/c13-18(14,9-7-15-8-9)12-3-4-16-10(6-12)11-2-1-5-17-11/h1-2,5,9-10H,3-4,6-8H2/t10-/m0/s1. The summed E-state index contributed by atoms with van der Waals surface area (Å²) in [4.78, 5) is 1.08. The Bertz CT molecular complexity index is 495. The van der Waals surface area contributed by atoms with Crippen LogP contribution in [0.3, 0.4) is 0 Å². The summed E-state index contributed by atoms with van der Waals surface area (Å²) in [6.07, 6.45) is -0.130. The van der Waals surface area contributed by atoms with Crippen molar-refractivity contribution in [1.29, 1.82) is 0 Å². The molecule has 0 unspecified atom stereocenters. The van der Waals surface area contributed by atoms with Crippen LogP contribution in [-0.4, -0.2) is 50.9 Å². The van der Waals surface area contributed by atoms with Crippen LogP contribution in [0.25, 0.3) is 0 Å². The first kappa shape index (κ1) is 12.6. The summed E-state index contributed by atoms with van der Waals surface area (Å²) in [6.45, 7) is 1.96. The second kappa shape index (κ2) is 4.90. The second-order valence-corrected chi connectivity index (χ2v) is 7.63. The predicted molar refractivity (Wildman–Crippen MR) is 68.1 cm³/mol. The third kappa shape index (κ3) is 2.21. The van der Waals surface area contributed by atoms with Gasteiger partial charge in [-0.2, -0.15) is 4.31 Å². The quantitative estimate of drug-likeness (QED) is 0.828. The molecule has 0 spiro atoms. The number of ether oxygens (including phenoxy) is 2. The fourth-order valence-electron chi connectivity index (χ4n) is 2.10. The number of sulfonamides is 1. The highest BCUT2D eigenvalue weighted by atomic mass is 32.2. The van der Waals surface area contributed by atoms with E-state index in [0.717, 1.165) is 4.88 Å². The highest BCUT2D eigenvalue weighted by Crippen LogP contribution is 2.29. The molecular formula is C11H15NO4S2. The molecule has 0 saturated carbocycles. The Morgan fingerprint density at radius 3 is 2.83 bits per heavy atom. The summed E-state index contributed by atoms with van der Waals surface area (Å²) in [5.74, 6) is 0. The molecule has 7 heteroatoms. The molecule has 2 fully saturated rings. The molecule has 100 valence electrons. The number of morpholine rings is 1. The smallest absolute Gasteiger partial charge is 0.221 e. The summed E-state index contributed by atoms with van der Waals surface area (Å²) in [5, 5.41) is 1.62. The summed E-state index contributed by atoms with van der Waals surface area (Å²) in [7, 11) is -3.22. The van der Waals surface area contributed by atoms with Crippen LogP contribution in [0.2, 0.25) is 0 Å². The zero-order chi connectivity index (χ0) is 12.6. The van der Waals surface area contributed by atoms with Gasteiger partial charge in [-0.25, -0.2) is 8.42 Å². The minimum absolute atomic E-state index is 0.130. The van der Waals surface area contributed by atoms with Gasteiger partial charge < -0.3 is 9.47 Å². The number of nitrogens with zero attached hydrogens (tertiary/aromatic N) is 1. The van der Waals surface area contributed by atoms with Gasteiger partial charge >= 0.3 is 0 Å². The lowest BCUT2D eigenvalue weighted by molar-refractivity contribution is -0.00517. The van der Waals surface area contributed by atoms with Gasteiger partial charge in [0.1, 0.15) is 11.4 Å². The normalized spacial score (nSPS) is 27.0. The van der Waals surface area contributed by atoms with Gasteiger partial charge in [0.2, 0.25) is 10.0 Å². The maximum atomic E-state index is 12.3. The van der Waals surface area contributed by atoms with Crippen molar-refractivity contribution >= 4 is 21.4 Å². The van der Waals surface area contributed by atoms with Gasteiger partial charge in [0.15, 0.2) is 0 Å². The average molecular weight is 289 g/mol. The van der Waals surface area contributed by atoms with E-state index in [9.17, 15) is 8.42 Å². The van der Waals surface area contributed by atoms with E-state index in [0.29, 0.717) is 32.9 Å². The molecule has 0 N–H and O–H groups in total. The second-order valence-electron chi connectivity index (χ2n) is 4.44. The van der Waals surface area contributed by atoms with Crippen molar-refractivity contribution in [1.82, 2.24) is 4.31 Å². The van der Waals surface area contributed by atoms with E-state index in [1.54, 1.807) is 15.6 Å². The van der Waals surface area contributed by atoms with Gasteiger partial charge in [0, 0.05) is 18.0 Å². The van der Waals surface area contributed by atoms with Crippen molar-refractivity contribution in [3.8, 4) is 0 Å². The molecule has 1 aromatic heterocycles. The van der Waals surface area contributed by atoms with Gasteiger partial charge in [-0.3, -0.25) is 0 Å². The third-order valence-corrected chi connectivity index (χ3v) is 6.41. The Hall–Kier alpha value is -0.470. The SMILES string of the molecule is O=S(=O)(C1COC1)N1CCO[C@H](c2cccs2)C1. The van der Waals surface area contributed by atoms with E-state index < -0.39 is 10.0 Å². The van der Waals surface area contributed by atoms with Crippen LogP contribution < -0.4 is 0 Å². The molecule has 5 nitrogen and oxygen atoms in total. The van der Waals surface area contributed by atoms with Crippen LogP contribution in [0, 0.1) is 0 Å². The molecule has 1 aromatic rings. The molecule has 2 aliphatic rings. The van der Waals surface area contributed by atoms with Crippen molar-refractivity contribution in [2.45, 2.75) is 11.4 Å². The Morgan fingerprint density at radius 1 is 1.39 bits per heavy atom. The number of hydrogen-bond acceptors (Lipinski definition) is 5. The Kier molecular flexibility index (Phi) is 3.42. The van der Waals surface area contributed by atoms with Gasteiger partial charge in [-0.15, -0.1) is 11.3 Å². The number of rotatable bonds is 3. The zero-order valence-corrected chi connectivity index (χ0v) is 11.5. The third-order valence-electron chi connectivity index (χ3n) is 3.28. The fraction of sp³-hybridized carbons (Fsp3) is 0.636. The zero-order valence-electron chi connectivity index (χ0n) is 9.82. The summed E-state index contributed by atoms with van der Waals surface area (Å²) >= 11 is 1.60. The number of thiophene rings is 1. The molecular weight excluding hydrogens is 274 g/mol. The lowest BCUT2D eigenvalue weighted by Crippen LogP contribution is -2.52. The largest absolute Gasteiger partial charge is 0.378 e. The van der Waals surface area contributed by atoms with Crippen LogP contribution in [0.1, 0.15) is 11.0 Å². The summed E-state index contributed by atoms with van der Waals surface area (Å²) in [5.41, 5.74) is 0. The van der Waals surface area contributed by atoms with Gasteiger partial charge in [0.25, 0.3) is 0 Å². The fourth-order valence-corrected chi connectivity index (χ4v) is 4.50. The highest BCUT2D eigenvalue weighted by Gasteiger charge is 2.39. The maximum absolute atomic E-state index is 12.3. The molecule has 0 aliphatic carbocycles. The molecule has 0 radical (unpaired) electrons. The molecule has 3 rings (SSSR count). The average Bonchev–Trinajstić information content (AvgIpc) is 2.79. The first-order valence-corrected chi connectivity index (χ1v) is 8.28. The van der Waals surface area contributed by atoms with Crippen molar-refractivity contribution in [3.05, 3.63) is 22.4 Å². The lowest BCUT2D eigenvalue weighted by atomic mass is 10.2. The molecule has 0 bridgehead atoms. The predicted octanol–water partition coefficient (Wildman–Crippen LogP) is 0.850. The molecule has 0 aromatic carbocycles. The molecule has 18 heavy (non-hydrogen) atoms. The molecule has 1 atom stereocenters. The van der Waals surface area contributed by atoms with Crippen molar-refractivity contribution in [3.63, 3.8) is 0 Å². The van der Waals surface area contributed by atoms with Crippen molar-refractivity contribution < 1.29 is 17.9 Å². The summed E-state index contributed by atoms with van der Waals surface area (Å²) in [6, 6.07) is 3.94. The number of hydrogen-bond donors (Lipinski definition) is 0. The van der Waals surface area contributed by atoms with Crippen LogP contribution in [-0.2, 0) is 19.5 Å². The van der Waals surface area contributed by atoms with Crippen LogP contribution in [0.4, 0.5) is 0 Å². The Morgan fingerprint density at radius 2 is 2.22 bits per heavy atom. The van der Waals surface area contributed by atoms with E-state index in [1.807, 2.05) is 17.5 Å². The first-order chi connectivity index (χ1) is 8.68. The monoisotopic (exact) mass is 289 g/mol. The van der Waals surface area contributed by atoms with Gasteiger partial charge in [-0.05, 0) is 11.4 Å². The van der Waals surface area contributed by atoms with E-state index in [2.05, 4.69) is 0 Å². The van der Waals surface area contributed by atoms with E-state index in [4.69, 9.17) is 9.47 Å². The minimum Gasteiger partial charge on any atom is -0.378 e. The maximum Gasteiger partial charge on any atom is 0.221 e. The Labute approximate surface area is 110 Å². The van der Waals surface area contributed by atoms with Crippen molar-refractivity contribution in [2.75, 3.05) is 32.9 Å². The van der Waals surface area contributed by atoms with E-state index in [-0.39, 0.29) is 11.4 Å². The van der Waals surface area contributed by atoms with Crippen molar-refractivity contribution in [2.24, 2.45) is 0 Å². The van der Waals surface area contributed by atoms with E-state index >= 15 is 0 Å². The Balaban J connectivity index is 1.74. The topological polar surface area (TPSA) is 55.8 Å². The molecule has 3 heterocycles. The van der Waals surface area contributed by atoms with Gasteiger partial charge in [-0.1, -0.05) is 6.07 Å². The summed E-state index contributed by atoms with van der Waals surface area (Å²) < 4.78 is 36.7. The first-order valence-electron chi connectivity index (χ1n) is 5.89. The minimum atomic E-state index is -3.22. The van der Waals surface area contributed by atoms with Crippen LogP contribution in [0.15, 0.2) is 17.5 Å². The molecule has 2 saturated heterocycles. The van der Waals surface area contributed by atoms with E-state index in [1.165, 1.54) is 0 Å². The lowest BCUT2D eigenvalue weighted by Gasteiger charge is -2.36. The van der Waals surface area contributed by atoms with Crippen LogP contribution in [0.5, 0.6) is 0 Å².